The molecule has 0 aliphatic rings. The van der Waals surface area contributed by atoms with Gasteiger partial charge in [0.1, 0.15) is 5.82 Å². The predicted molar refractivity (Wildman–Crippen MR) is 62.9 cm³/mol. The summed E-state index contributed by atoms with van der Waals surface area (Å²) in [6.45, 7) is 0.630. The van der Waals surface area contributed by atoms with Crippen LogP contribution in [-0.2, 0) is 7.05 Å². The molecule has 0 aliphatic heterocycles. The van der Waals surface area contributed by atoms with E-state index >= 15 is 0 Å². The lowest BCUT2D eigenvalue weighted by atomic mass is 10.2. The van der Waals surface area contributed by atoms with Gasteiger partial charge >= 0.3 is 6.03 Å². The number of carbonyl (C=O) groups is 1. The van der Waals surface area contributed by atoms with Crippen LogP contribution in [0.25, 0.3) is 0 Å². The van der Waals surface area contributed by atoms with Crippen LogP contribution in [0.1, 0.15) is 19.3 Å². The Morgan fingerprint density at radius 1 is 1.62 bits per heavy atom. The highest BCUT2D eigenvalue weighted by molar-refractivity contribution is 5.88. The molecule has 0 radical (unpaired) electrons. The van der Waals surface area contributed by atoms with Crippen molar-refractivity contribution >= 4 is 11.8 Å². The molecule has 5 heteroatoms. The molecule has 86 valence electrons. The molecule has 1 rings (SSSR count). The summed E-state index contributed by atoms with van der Waals surface area (Å²) >= 11 is 0. The maximum Gasteiger partial charge on any atom is 0.320 e. The minimum absolute atomic E-state index is 0.218. The molecule has 0 spiro atoms. The van der Waals surface area contributed by atoms with Crippen molar-refractivity contribution < 1.29 is 4.79 Å². The van der Waals surface area contributed by atoms with Crippen molar-refractivity contribution in [2.24, 2.45) is 7.05 Å². The zero-order valence-electron chi connectivity index (χ0n) is 9.36. The van der Waals surface area contributed by atoms with Crippen LogP contribution in [0.3, 0.4) is 0 Å². The Kier molecular flexibility index (Phi) is 4.93. The summed E-state index contributed by atoms with van der Waals surface area (Å²) in [7, 11) is 1.77. The molecule has 0 aliphatic carbocycles. The number of carbonyl (C=O) groups excluding carboxylic acids is 1. The zero-order valence-corrected chi connectivity index (χ0v) is 9.36. The first-order chi connectivity index (χ1) is 7.74. The minimum atomic E-state index is -0.218. The van der Waals surface area contributed by atoms with Crippen LogP contribution in [0.5, 0.6) is 0 Å². The number of anilines is 1. The fourth-order valence-electron chi connectivity index (χ4n) is 1.21. The van der Waals surface area contributed by atoms with Gasteiger partial charge in [0.2, 0.25) is 0 Å². The second-order valence-corrected chi connectivity index (χ2v) is 3.38. The van der Waals surface area contributed by atoms with Crippen LogP contribution < -0.4 is 10.6 Å². The number of rotatable bonds is 5. The Morgan fingerprint density at radius 3 is 3.06 bits per heavy atom. The van der Waals surface area contributed by atoms with E-state index in [0.29, 0.717) is 12.4 Å². The lowest BCUT2D eigenvalue weighted by Crippen LogP contribution is -2.30. The standard InChI is InChI=1S/C11H16N4O/c1-3-4-5-6-8-12-11(16)14-10-7-9-13-15(10)2/h1,7,9H,4-6,8H2,2H3,(H2,12,14,16). The van der Waals surface area contributed by atoms with Crippen molar-refractivity contribution in [3.63, 3.8) is 0 Å². The maximum atomic E-state index is 11.4. The molecule has 1 heterocycles. The lowest BCUT2D eigenvalue weighted by molar-refractivity contribution is 0.251. The van der Waals surface area contributed by atoms with E-state index in [1.807, 2.05) is 0 Å². The van der Waals surface area contributed by atoms with Gasteiger partial charge in [-0.3, -0.25) is 10.00 Å². The molecule has 0 fully saturated rings. The molecule has 2 N–H and O–H groups in total. The van der Waals surface area contributed by atoms with Gasteiger partial charge in [-0.25, -0.2) is 4.79 Å². The Hall–Kier alpha value is -1.96. The number of hydrogen-bond donors (Lipinski definition) is 2. The second kappa shape index (κ2) is 6.51. The molecule has 1 aromatic heterocycles. The lowest BCUT2D eigenvalue weighted by Gasteiger charge is -2.06. The summed E-state index contributed by atoms with van der Waals surface area (Å²) in [6, 6.07) is 1.52. The van der Waals surface area contributed by atoms with Crippen molar-refractivity contribution in [1.82, 2.24) is 15.1 Å². The third-order valence-corrected chi connectivity index (χ3v) is 2.10. The average Bonchev–Trinajstić information content (AvgIpc) is 2.64. The van der Waals surface area contributed by atoms with Crippen LogP contribution in [0.4, 0.5) is 10.6 Å². The Bertz CT molecular complexity index is 378. The summed E-state index contributed by atoms with van der Waals surface area (Å²) in [5, 5.41) is 9.38. The van der Waals surface area contributed by atoms with Gasteiger partial charge in [-0.1, -0.05) is 0 Å². The van der Waals surface area contributed by atoms with E-state index < -0.39 is 0 Å². The maximum absolute atomic E-state index is 11.4. The fourth-order valence-corrected chi connectivity index (χ4v) is 1.21. The van der Waals surface area contributed by atoms with Crippen LogP contribution in [0.15, 0.2) is 12.3 Å². The first-order valence-electron chi connectivity index (χ1n) is 5.20. The summed E-state index contributed by atoms with van der Waals surface area (Å²) in [5.74, 6) is 3.23. The fraction of sp³-hybridized carbons (Fsp3) is 0.455. The van der Waals surface area contributed by atoms with Crippen LogP contribution >= 0.6 is 0 Å². The van der Waals surface area contributed by atoms with Crippen LogP contribution in [0, 0.1) is 12.3 Å². The minimum Gasteiger partial charge on any atom is -0.338 e. The number of urea groups is 1. The number of terminal acetylenes is 1. The van der Waals surface area contributed by atoms with Crippen molar-refractivity contribution in [1.29, 1.82) is 0 Å². The number of nitrogens with one attached hydrogen (secondary N) is 2. The molecular weight excluding hydrogens is 204 g/mol. The topological polar surface area (TPSA) is 59.0 Å². The quantitative estimate of drug-likeness (QED) is 0.581. The van der Waals surface area contributed by atoms with Crippen molar-refractivity contribution in [3.05, 3.63) is 12.3 Å². The molecule has 0 saturated heterocycles. The largest absolute Gasteiger partial charge is 0.338 e. The van der Waals surface area contributed by atoms with Gasteiger partial charge in [0, 0.05) is 26.1 Å². The molecule has 0 saturated carbocycles. The van der Waals surface area contributed by atoms with Gasteiger partial charge in [-0.05, 0) is 12.8 Å². The van der Waals surface area contributed by atoms with E-state index in [-0.39, 0.29) is 6.03 Å². The third kappa shape index (κ3) is 4.05. The van der Waals surface area contributed by atoms with Gasteiger partial charge in [-0.2, -0.15) is 5.10 Å². The Labute approximate surface area is 95.2 Å². The smallest absolute Gasteiger partial charge is 0.320 e. The van der Waals surface area contributed by atoms with E-state index in [4.69, 9.17) is 6.42 Å². The molecule has 5 nitrogen and oxygen atoms in total. The number of hydrogen-bond acceptors (Lipinski definition) is 2. The van der Waals surface area contributed by atoms with Crippen molar-refractivity contribution in [2.75, 3.05) is 11.9 Å². The van der Waals surface area contributed by atoms with E-state index in [2.05, 4.69) is 21.7 Å². The van der Waals surface area contributed by atoms with Gasteiger partial charge in [0.05, 0.1) is 6.20 Å². The summed E-state index contributed by atoms with van der Waals surface area (Å²) < 4.78 is 1.60. The second-order valence-electron chi connectivity index (χ2n) is 3.38. The summed E-state index contributed by atoms with van der Waals surface area (Å²) in [5.41, 5.74) is 0. The number of unbranched alkanes of at least 4 members (excludes halogenated alkanes) is 2. The molecule has 0 atom stereocenters. The SMILES string of the molecule is C#CCCCCNC(=O)Nc1ccnn1C. The van der Waals surface area contributed by atoms with Gasteiger partial charge in [-0.15, -0.1) is 12.3 Å². The molecule has 0 unspecified atom stereocenters. The molecule has 0 bridgehead atoms. The third-order valence-electron chi connectivity index (χ3n) is 2.10. The highest BCUT2D eigenvalue weighted by Crippen LogP contribution is 2.02. The number of nitrogens with zero attached hydrogens (tertiary/aromatic N) is 2. The van der Waals surface area contributed by atoms with E-state index in [1.165, 1.54) is 0 Å². The van der Waals surface area contributed by atoms with Crippen LogP contribution in [0.2, 0.25) is 0 Å². The van der Waals surface area contributed by atoms with Crippen molar-refractivity contribution in [2.45, 2.75) is 19.3 Å². The van der Waals surface area contributed by atoms with Gasteiger partial charge < -0.3 is 5.32 Å². The summed E-state index contributed by atoms with van der Waals surface area (Å²) in [6.07, 6.45) is 9.33. The number of aryl methyl sites for hydroxylation is 1. The predicted octanol–water partition coefficient (Wildman–Crippen LogP) is 1.35. The first-order valence-corrected chi connectivity index (χ1v) is 5.20. The Balaban J connectivity index is 2.17. The average molecular weight is 220 g/mol. The normalized spacial score (nSPS) is 9.50. The van der Waals surface area contributed by atoms with E-state index in [0.717, 1.165) is 19.3 Å². The molecule has 1 aromatic rings. The monoisotopic (exact) mass is 220 g/mol. The summed E-state index contributed by atoms with van der Waals surface area (Å²) in [4.78, 5) is 11.4. The molecule has 0 aromatic carbocycles. The zero-order chi connectivity index (χ0) is 11.8. The van der Waals surface area contributed by atoms with Crippen LogP contribution in [-0.4, -0.2) is 22.4 Å². The van der Waals surface area contributed by atoms with Gasteiger partial charge in [0.25, 0.3) is 0 Å². The van der Waals surface area contributed by atoms with E-state index in [1.54, 1.807) is 24.0 Å². The Morgan fingerprint density at radius 2 is 2.44 bits per heavy atom. The number of aromatic nitrogens is 2. The highest BCUT2D eigenvalue weighted by atomic mass is 16.2. The van der Waals surface area contributed by atoms with E-state index in [9.17, 15) is 4.79 Å². The molecule has 2 amide bonds. The number of amides is 2. The molecular formula is C11H16N4O. The first kappa shape index (κ1) is 12.1. The highest BCUT2D eigenvalue weighted by Gasteiger charge is 2.03. The molecule has 16 heavy (non-hydrogen) atoms. The van der Waals surface area contributed by atoms with Gasteiger partial charge in [0.15, 0.2) is 0 Å². The van der Waals surface area contributed by atoms with Crippen molar-refractivity contribution in [3.8, 4) is 12.3 Å².